The molecule has 2 aromatic carbocycles. The fourth-order valence-corrected chi connectivity index (χ4v) is 2.78. The average Bonchev–Trinajstić information content (AvgIpc) is 2.75. The molecule has 0 saturated heterocycles. The van der Waals surface area contributed by atoms with Crippen molar-refractivity contribution in [2.24, 2.45) is 5.92 Å². The van der Waals surface area contributed by atoms with E-state index in [1.54, 1.807) is 0 Å². The first-order chi connectivity index (χ1) is 10.2. The van der Waals surface area contributed by atoms with Crippen LogP contribution in [-0.2, 0) is 4.74 Å². The van der Waals surface area contributed by atoms with Crippen LogP contribution in [0.5, 0.6) is 0 Å². The van der Waals surface area contributed by atoms with Gasteiger partial charge in [-0.05, 0) is 29.9 Å². The monoisotopic (exact) mass is 283 g/mol. The topological polar surface area (TPSA) is 29.5 Å². The van der Waals surface area contributed by atoms with Gasteiger partial charge in [0.15, 0.2) is 0 Å². The maximum absolute atomic E-state index is 12.5. The Kier molecular flexibility index (Phi) is 3.93. The molecule has 2 aromatic rings. The van der Waals surface area contributed by atoms with Crippen LogP contribution in [0, 0.1) is 5.92 Å². The van der Waals surface area contributed by atoms with E-state index in [0.717, 1.165) is 35.1 Å². The molecule has 0 radical (unpaired) electrons. The first-order valence-electron chi connectivity index (χ1n) is 7.60. The summed E-state index contributed by atoms with van der Waals surface area (Å²) in [5.41, 5.74) is 1.82. The highest BCUT2D eigenvalue weighted by atomic mass is 16.5. The van der Waals surface area contributed by atoms with E-state index in [-0.39, 0.29) is 5.91 Å². The highest BCUT2D eigenvalue weighted by Crippen LogP contribution is 2.36. The van der Waals surface area contributed by atoms with E-state index in [1.165, 1.54) is 0 Å². The maximum Gasteiger partial charge on any atom is 0.259 e. The van der Waals surface area contributed by atoms with Gasteiger partial charge in [0.2, 0.25) is 0 Å². The van der Waals surface area contributed by atoms with Gasteiger partial charge in [0.1, 0.15) is 0 Å². The van der Waals surface area contributed by atoms with Crippen LogP contribution in [0.4, 0.5) is 5.69 Å². The smallest absolute Gasteiger partial charge is 0.259 e. The van der Waals surface area contributed by atoms with Crippen molar-refractivity contribution in [2.75, 3.05) is 24.7 Å². The van der Waals surface area contributed by atoms with Gasteiger partial charge in [0.25, 0.3) is 5.91 Å². The summed E-state index contributed by atoms with van der Waals surface area (Å²) in [6, 6.07) is 12.0. The fourth-order valence-electron chi connectivity index (χ4n) is 2.78. The molecule has 0 N–H and O–H groups in total. The van der Waals surface area contributed by atoms with Gasteiger partial charge < -0.3 is 9.64 Å². The Bertz CT molecular complexity index is 658. The molecule has 0 atom stereocenters. The van der Waals surface area contributed by atoms with Crippen LogP contribution in [0.1, 0.15) is 30.6 Å². The first-order valence-corrected chi connectivity index (χ1v) is 7.60. The minimum Gasteiger partial charge on any atom is -0.380 e. The van der Waals surface area contributed by atoms with E-state index in [9.17, 15) is 4.79 Å². The standard InChI is InChI=1S/C18H21NO2/c1-13(2)9-11-21-12-10-19-16-8-4-6-14-5-3-7-15(17(14)16)18(19)20/h3-8,13H,9-12H2,1-2H3. The van der Waals surface area contributed by atoms with Gasteiger partial charge >= 0.3 is 0 Å². The predicted molar refractivity (Wildman–Crippen MR) is 85.9 cm³/mol. The maximum atomic E-state index is 12.5. The molecule has 3 rings (SSSR count). The second-order valence-corrected chi connectivity index (χ2v) is 5.93. The Labute approximate surface area is 125 Å². The molecular weight excluding hydrogens is 262 g/mol. The van der Waals surface area contributed by atoms with E-state index >= 15 is 0 Å². The van der Waals surface area contributed by atoms with Gasteiger partial charge in [-0.1, -0.05) is 38.1 Å². The fraction of sp³-hybridized carbons (Fsp3) is 0.389. The van der Waals surface area contributed by atoms with Crippen LogP contribution in [0.3, 0.4) is 0 Å². The van der Waals surface area contributed by atoms with Crippen LogP contribution in [0.15, 0.2) is 36.4 Å². The zero-order chi connectivity index (χ0) is 14.8. The van der Waals surface area contributed by atoms with Crippen molar-refractivity contribution < 1.29 is 9.53 Å². The average molecular weight is 283 g/mol. The molecule has 3 heteroatoms. The minimum atomic E-state index is 0.0919. The Morgan fingerprint density at radius 2 is 1.86 bits per heavy atom. The number of carbonyl (C=O) groups is 1. The van der Waals surface area contributed by atoms with E-state index in [2.05, 4.69) is 26.0 Å². The molecule has 0 aliphatic carbocycles. The van der Waals surface area contributed by atoms with Crippen molar-refractivity contribution in [2.45, 2.75) is 20.3 Å². The largest absolute Gasteiger partial charge is 0.380 e. The lowest BCUT2D eigenvalue weighted by atomic mass is 10.1. The summed E-state index contributed by atoms with van der Waals surface area (Å²) < 4.78 is 5.66. The van der Waals surface area contributed by atoms with Crippen LogP contribution < -0.4 is 4.90 Å². The number of benzene rings is 2. The van der Waals surface area contributed by atoms with Gasteiger partial charge in [-0.25, -0.2) is 0 Å². The second kappa shape index (κ2) is 5.86. The summed E-state index contributed by atoms with van der Waals surface area (Å²) in [5.74, 6) is 0.741. The molecular formula is C18H21NO2. The van der Waals surface area contributed by atoms with Gasteiger partial charge in [-0.2, -0.15) is 0 Å². The van der Waals surface area contributed by atoms with Gasteiger partial charge in [-0.3, -0.25) is 4.79 Å². The molecule has 0 aromatic heterocycles. The molecule has 1 aliphatic heterocycles. The van der Waals surface area contributed by atoms with Crippen molar-refractivity contribution >= 4 is 22.4 Å². The number of rotatable bonds is 6. The highest BCUT2D eigenvalue weighted by Gasteiger charge is 2.28. The van der Waals surface area contributed by atoms with E-state index in [0.29, 0.717) is 19.1 Å². The van der Waals surface area contributed by atoms with E-state index < -0.39 is 0 Å². The summed E-state index contributed by atoms with van der Waals surface area (Å²) in [5, 5.41) is 2.20. The molecule has 0 unspecified atom stereocenters. The number of amides is 1. The summed E-state index contributed by atoms with van der Waals surface area (Å²) in [4.78, 5) is 14.4. The van der Waals surface area contributed by atoms with Crippen LogP contribution >= 0.6 is 0 Å². The zero-order valence-electron chi connectivity index (χ0n) is 12.6. The Morgan fingerprint density at radius 1 is 1.10 bits per heavy atom. The van der Waals surface area contributed by atoms with Crippen LogP contribution in [0.2, 0.25) is 0 Å². The molecule has 0 fully saturated rings. The number of ether oxygens (including phenoxy) is 1. The normalized spacial score (nSPS) is 13.7. The summed E-state index contributed by atoms with van der Waals surface area (Å²) in [6.07, 6.45) is 1.06. The molecule has 1 amide bonds. The van der Waals surface area contributed by atoms with E-state index in [4.69, 9.17) is 4.74 Å². The Balaban J connectivity index is 1.72. The zero-order valence-corrected chi connectivity index (χ0v) is 12.6. The Morgan fingerprint density at radius 3 is 2.62 bits per heavy atom. The third-order valence-corrected chi connectivity index (χ3v) is 3.95. The quantitative estimate of drug-likeness (QED) is 0.753. The molecule has 1 heterocycles. The van der Waals surface area contributed by atoms with Crippen molar-refractivity contribution in [1.29, 1.82) is 0 Å². The van der Waals surface area contributed by atoms with Crippen molar-refractivity contribution in [1.82, 2.24) is 0 Å². The summed E-state index contributed by atoms with van der Waals surface area (Å²) in [7, 11) is 0. The van der Waals surface area contributed by atoms with E-state index in [1.807, 2.05) is 29.2 Å². The molecule has 21 heavy (non-hydrogen) atoms. The molecule has 1 aliphatic rings. The number of carbonyl (C=O) groups excluding carboxylic acids is 1. The lowest BCUT2D eigenvalue weighted by Gasteiger charge is -2.17. The van der Waals surface area contributed by atoms with Crippen molar-refractivity contribution in [3.05, 3.63) is 42.0 Å². The number of hydrogen-bond acceptors (Lipinski definition) is 2. The number of nitrogens with zero attached hydrogens (tertiary/aromatic N) is 1. The van der Waals surface area contributed by atoms with Gasteiger partial charge in [-0.15, -0.1) is 0 Å². The number of anilines is 1. The van der Waals surface area contributed by atoms with Crippen molar-refractivity contribution in [3.8, 4) is 0 Å². The highest BCUT2D eigenvalue weighted by molar-refractivity contribution is 6.24. The minimum absolute atomic E-state index is 0.0919. The summed E-state index contributed by atoms with van der Waals surface area (Å²) in [6.45, 7) is 6.33. The van der Waals surface area contributed by atoms with Crippen LogP contribution in [0.25, 0.3) is 10.8 Å². The Hall–Kier alpha value is -1.87. The molecule has 0 spiro atoms. The lowest BCUT2D eigenvalue weighted by molar-refractivity contribution is 0.0960. The lowest BCUT2D eigenvalue weighted by Crippen LogP contribution is -2.30. The van der Waals surface area contributed by atoms with Gasteiger partial charge in [0.05, 0.1) is 12.3 Å². The second-order valence-electron chi connectivity index (χ2n) is 5.93. The molecule has 0 bridgehead atoms. The molecule has 0 saturated carbocycles. The predicted octanol–water partition coefficient (Wildman–Crippen LogP) is 3.86. The number of hydrogen-bond donors (Lipinski definition) is 0. The van der Waals surface area contributed by atoms with Crippen molar-refractivity contribution in [3.63, 3.8) is 0 Å². The summed E-state index contributed by atoms with van der Waals surface area (Å²) >= 11 is 0. The SMILES string of the molecule is CC(C)CCOCCN1C(=O)c2cccc3cccc1c23. The molecule has 110 valence electrons. The van der Waals surface area contributed by atoms with Gasteiger partial charge in [0, 0.05) is 24.1 Å². The third kappa shape index (κ3) is 2.66. The molecule has 3 nitrogen and oxygen atoms in total. The van der Waals surface area contributed by atoms with Crippen LogP contribution in [-0.4, -0.2) is 25.7 Å². The first kappa shape index (κ1) is 14.1. The third-order valence-electron chi connectivity index (χ3n) is 3.95.